The van der Waals surface area contributed by atoms with Crippen LogP contribution in [-0.2, 0) is 14.3 Å². The molecule has 1 aliphatic rings. The summed E-state index contributed by atoms with van der Waals surface area (Å²) in [5.74, 6) is 0.158. The Kier molecular flexibility index (Phi) is 9.18. The monoisotopic (exact) mass is 418 g/mol. The number of ether oxygens (including phenoxy) is 3. The molecule has 0 saturated heterocycles. The van der Waals surface area contributed by atoms with Crippen LogP contribution >= 0.6 is 0 Å². The van der Waals surface area contributed by atoms with Gasteiger partial charge in [0.05, 0.1) is 13.7 Å². The fourth-order valence-electron chi connectivity index (χ4n) is 3.31. The highest BCUT2D eigenvalue weighted by Gasteiger charge is 2.23. The van der Waals surface area contributed by atoms with Gasteiger partial charge in [-0.1, -0.05) is 25.8 Å². The number of hydrogen-bond acceptors (Lipinski definition) is 6. The molecule has 0 spiro atoms. The van der Waals surface area contributed by atoms with Gasteiger partial charge in [0.15, 0.2) is 18.1 Å². The maximum atomic E-state index is 11.9. The predicted molar refractivity (Wildman–Crippen MR) is 112 cm³/mol. The molecule has 0 unspecified atom stereocenters. The molecule has 0 heterocycles. The van der Waals surface area contributed by atoms with E-state index in [4.69, 9.17) is 14.2 Å². The van der Waals surface area contributed by atoms with E-state index in [2.05, 4.69) is 17.6 Å². The number of hydrogen-bond donors (Lipinski definition) is 2. The van der Waals surface area contributed by atoms with Crippen molar-refractivity contribution in [3.63, 3.8) is 0 Å². The zero-order chi connectivity index (χ0) is 21.9. The van der Waals surface area contributed by atoms with Crippen molar-refractivity contribution in [1.82, 2.24) is 10.6 Å². The molecule has 0 radical (unpaired) electrons. The summed E-state index contributed by atoms with van der Waals surface area (Å²) in [6, 6.07) is 4.72. The van der Waals surface area contributed by atoms with Crippen LogP contribution in [0.25, 0.3) is 6.08 Å². The Morgan fingerprint density at radius 2 is 1.93 bits per heavy atom. The Morgan fingerprint density at radius 1 is 1.17 bits per heavy atom. The van der Waals surface area contributed by atoms with Crippen molar-refractivity contribution in [2.75, 3.05) is 20.3 Å². The average Bonchev–Trinajstić information content (AvgIpc) is 2.73. The topological polar surface area (TPSA) is 103 Å². The highest BCUT2D eigenvalue weighted by Crippen LogP contribution is 2.28. The molecule has 1 aromatic rings. The Balaban J connectivity index is 1.76. The highest BCUT2D eigenvalue weighted by atomic mass is 16.5. The minimum absolute atomic E-state index is 0.0585. The van der Waals surface area contributed by atoms with E-state index in [0.29, 0.717) is 29.6 Å². The summed E-state index contributed by atoms with van der Waals surface area (Å²) in [4.78, 5) is 35.6. The average molecular weight is 418 g/mol. The van der Waals surface area contributed by atoms with E-state index < -0.39 is 24.5 Å². The molecule has 8 heteroatoms. The number of esters is 1. The number of rotatable bonds is 8. The highest BCUT2D eigenvalue weighted by molar-refractivity contribution is 5.96. The lowest BCUT2D eigenvalue weighted by Crippen LogP contribution is -2.48. The molecule has 164 valence electrons. The Morgan fingerprint density at radius 3 is 2.63 bits per heavy atom. The lowest BCUT2D eigenvalue weighted by Gasteiger charge is -2.29. The van der Waals surface area contributed by atoms with Crippen molar-refractivity contribution >= 4 is 24.0 Å². The molecular weight excluding hydrogens is 388 g/mol. The van der Waals surface area contributed by atoms with Crippen LogP contribution in [0.3, 0.4) is 0 Å². The van der Waals surface area contributed by atoms with E-state index in [1.807, 2.05) is 6.92 Å². The largest absolute Gasteiger partial charge is 0.493 e. The molecule has 2 rings (SSSR count). The lowest BCUT2D eigenvalue weighted by atomic mass is 9.86. The zero-order valence-electron chi connectivity index (χ0n) is 17.7. The van der Waals surface area contributed by atoms with Crippen LogP contribution in [0.5, 0.6) is 11.5 Å². The van der Waals surface area contributed by atoms with Crippen LogP contribution < -0.4 is 20.1 Å². The van der Waals surface area contributed by atoms with Gasteiger partial charge in [-0.2, -0.15) is 0 Å². The quantitative estimate of drug-likeness (QED) is 0.497. The molecule has 2 atom stereocenters. The van der Waals surface area contributed by atoms with Gasteiger partial charge in [-0.05, 0) is 49.5 Å². The van der Waals surface area contributed by atoms with E-state index in [0.717, 1.165) is 25.7 Å². The van der Waals surface area contributed by atoms with Gasteiger partial charge in [-0.15, -0.1) is 0 Å². The molecular formula is C22H30N2O6. The van der Waals surface area contributed by atoms with Crippen LogP contribution in [0.2, 0.25) is 0 Å². The first-order valence-corrected chi connectivity index (χ1v) is 10.2. The SMILES string of the molecule is CCOc1ccc(/C=C/C(=O)OCC(=O)NC(=O)N[C@H]2CCCC[C@@H]2C)cc1OC. The van der Waals surface area contributed by atoms with Gasteiger partial charge in [0.1, 0.15) is 0 Å². The molecule has 2 N–H and O–H groups in total. The number of carbonyl (C=O) groups is 3. The summed E-state index contributed by atoms with van der Waals surface area (Å²) >= 11 is 0. The predicted octanol–water partition coefficient (Wildman–Crippen LogP) is 3.05. The van der Waals surface area contributed by atoms with Crippen LogP contribution in [0, 0.1) is 5.92 Å². The summed E-state index contributed by atoms with van der Waals surface area (Å²) in [5.41, 5.74) is 0.706. The van der Waals surface area contributed by atoms with E-state index >= 15 is 0 Å². The minimum atomic E-state index is -0.695. The lowest BCUT2D eigenvalue weighted by molar-refractivity contribution is -0.143. The normalized spacial score (nSPS) is 18.5. The number of urea groups is 1. The van der Waals surface area contributed by atoms with Gasteiger partial charge >= 0.3 is 12.0 Å². The van der Waals surface area contributed by atoms with E-state index in [-0.39, 0.29) is 6.04 Å². The summed E-state index contributed by atoms with van der Waals surface area (Å²) < 4.78 is 15.6. The van der Waals surface area contributed by atoms with Crippen molar-refractivity contribution in [2.24, 2.45) is 5.92 Å². The number of carbonyl (C=O) groups excluding carboxylic acids is 3. The minimum Gasteiger partial charge on any atom is -0.493 e. The number of nitrogens with one attached hydrogen (secondary N) is 2. The number of methoxy groups -OCH3 is 1. The van der Waals surface area contributed by atoms with Gasteiger partial charge in [-0.3, -0.25) is 10.1 Å². The van der Waals surface area contributed by atoms with Crippen molar-refractivity contribution in [1.29, 1.82) is 0 Å². The Bertz CT molecular complexity index is 777. The first-order valence-electron chi connectivity index (χ1n) is 10.2. The van der Waals surface area contributed by atoms with Gasteiger partial charge in [0, 0.05) is 12.1 Å². The van der Waals surface area contributed by atoms with Crippen molar-refractivity contribution in [3.8, 4) is 11.5 Å². The Hall–Kier alpha value is -3.03. The molecule has 0 aliphatic heterocycles. The van der Waals surface area contributed by atoms with Crippen molar-refractivity contribution < 1.29 is 28.6 Å². The van der Waals surface area contributed by atoms with E-state index in [1.165, 1.54) is 19.3 Å². The van der Waals surface area contributed by atoms with E-state index in [9.17, 15) is 14.4 Å². The van der Waals surface area contributed by atoms with Crippen LogP contribution in [0.15, 0.2) is 24.3 Å². The van der Waals surface area contributed by atoms with Crippen LogP contribution in [0.1, 0.15) is 45.1 Å². The van der Waals surface area contributed by atoms with Gasteiger partial charge in [0.25, 0.3) is 5.91 Å². The molecule has 1 aromatic carbocycles. The third-order valence-electron chi connectivity index (χ3n) is 4.93. The fourth-order valence-corrected chi connectivity index (χ4v) is 3.31. The second kappa shape index (κ2) is 11.8. The van der Waals surface area contributed by atoms with E-state index in [1.54, 1.807) is 18.2 Å². The third-order valence-corrected chi connectivity index (χ3v) is 4.93. The third kappa shape index (κ3) is 7.42. The second-order valence-corrected chi connectivity index (χ2v) is 7.17. The molecule has 0 bridgehead atoms. The number of amides is 3. The van der Waals surface area contributed by atoms with Crippen LogP contribution in [-0.4, -0.2) is 44.3 Å². The zero-order valence-corrected chi connectivity index (χ0v) is 17.7. The molecule has 0 aromatic heterocycles. The maximum absolute atomic E-state index is 11.9. The molecule has 30 heavy (non-hydrogen) atoms. The molecule has 3 amide bonds. The molecule has 1 saturated carbocycles. The molecule has 1 fully saturated rings. The first-order chi connectivity index (χ1) is 14.4. The van der Waals surface area contributed by atoms with Crippen molar-refractivity contribution in [2.45, 2.75) is 45.6 Å². The standard InChI is InChI=1S/C22H30N2O6/c1-4-29-18-11-9-16(13-19(18)28-3)10-12-21(26)30-14-20(25)24-22(27)23-17-8-6-5-7-15(17)2/h9-13,15,17H,4-8,14H2,1-3H3,(H2,23,24,25,27)/b12-10+/t15-,17-/m0/s1. The summed E-state index contributed by atoms with van der Waals surface area (Å²) in [6.07, 6.45) is 6.92. The molecule has 8 nitrogen and oxygen atoms in total. The van der Waals surface area contributed by atoms with Crippen molar-refractivity contribution in [3.05, 3.63) is 29.8 Å². The summed E-state index contributed by atoms with van der Waals surface area (Å²) in [5, 5.41) is 5.00. The number of imide groups is 1. The Labute approximate surface area is 176 Å². The van der Waals surface area contributed by atoms with Gasteiger partial charge < -0.3 is 19.5 Å². The van der Waals surface area contributed by atoms with Gasteiger partial charge in [0.2, 0.25) is 0 Å². The maximum Gasteiger partial charge on any atom is 0.331 e. The van der Waals surface area contributed by atoms with Gasteiger partial charge in [-0.25, -0.2) is 9.59 Å². The number of benzene rings is 1. The summed E-state index contributed by atoms with van der Waals surface area (Å²) in [7, 11) is 1.53. The smallest absolute Gasteiger partial charge is 0.331 e. The molecule has 1 aliphatic carbocycles. The second-order valence-electron chi connectivity index (χ2n) is 7.17. The summed E-state index contributed by atoms with van der Waals surface area (Å²) in [6.45, 7) is 3.93. The fraction of sp³-hybridized carbons (Fsp3) is 0.500. The first kappa shape index (κ1) is 23.3. The van der Waals surface area contributed by atoms with Crippen LogP contribution in [0.4, 0.5) is 4.79 Å².